The van der Waals surface area contributed by atoms with E-state index in [0.717, 1.165) is 6.42 Å². The summed E-state index contributed by atoms with van der Waals surface area (Å²) in [6.07, 6.45) is -0.0604. The number of primary amides is 1. The van der Waals surface area contributed by atoms with Crippen molar-refractivity contribution in [2.45, 2.75) is 56.8 Å². The van der Waals surface area contributed by atoms with Crippen LogP contribution in [0.1, 0.15) is 50.2 Å². The highest BCUT2D eigenvalue weighted by atomic mass is 16.4. The number of nitrogens with two attached hydrogens (primary N) is 1. The Morgan fingerprint density at radius 1 is 1.15 bits per heavy atom. The summed E-state index contributed by atoms with van der Waals surface area (Å²) in [6, 6.07) is 1.57. The highest BCUT2D eigenvalue weighted by Crippen LogP contribution is 2.56. The number of nitrogens with zero attached hydrogens (tertiary/aromatic N) is 1. The zero-order valence-corrected chi connectivity index (χ0v) is 22.1. The lowest BCUT2D eigenvalue weighted by molar-refractivity contribution is -0.169. The van der Waals surface area contributed by atoms with Crippen LogP contribution in [0, 0.1) is 11.8 Å². The SMILES string of the molecule is CCCCC(=O)Nc1ccc2c(c1O)C(O)=C1C(=O)[C@]3(O)C(O)=C(C(N)=O)C(=O)[C@@H](N(C)C)[C@@H]3[C@@H](O)[C@@H]1[C@H]2C. The number of aromatic hydroxyl groups is 1. The van der Waals surface area contributed by atoms with Crippen molar-refractivity contribution in [3.05, 3.63) is 40.2 Å². The number of phenols is 1. The molecule has 1 aromatic carbocycles. The standard InChI is InChI=1S/C27H33N3O9/c1-5-6-7-13(31)29-12-9-8-11-10(2)14-16(21(33)15(11)20(12)32)24(36)27(39)18(22(14)34)19(30(3)4)23(35)17(25(27)37)26(28)38/h8-10,14,18-19,22,32-34,37,39H,5-7H2,1-4H3,(H2,28,38)(H,29,31)/t10-,14+,18+,19-,22-,27-/m0/s1. The Bertz CT molecular complexity index is 1350. The molecule has 6 atom stereocenters. The molecule has 1 fully saturated rings. The maximum atomic E-state index is 14.0. The van der Waals surface area contributed by atoms with Gasteiger partial charge in [0.05, 0.1) is 29.3 Å². The molecule has 0 aromatic heterocycles. The number of aliphatic hydroxyl groups excluding tert-OH is 3. The second-order valence-corrected chi connectivity index (χ2v) is 10.6. The number of fused-ring (bicyclic) bond motifs is 3. The van der Waals surface area contributed by atoms with Crippen molar-refractivity contribution in [1.82, 2.24) is 4.90 Å². The van der Waals surface area contributed by atoms with E-state index >= 15 is 0 Å². The summed E-state index contributed by atoms with van der Waals surface area (Å²) in [6.45, 7) is 3.55. The van der Waals surface area contributed by atoms with Gasteiger partial charge in [-0.25, -0.2) is 0 Å². The van der Waals surface area contributed by atoms with Crippen molar-refractivity contribution in [3.63, 3.8) is 0 Å². The number of amides is 2. The molecule has 0 radical (unpaired) electrons. The van der Waals surface area contributed by atoms with E-state index in [1.807, 2.05) is 6.92 Å². The number of hydrogen-bond donors (Lipinski definition) is 7. The van der Waals surface area contributed by atoms with E-state index in [1.165, 1.54) is 31.1 Å². The van der Waals surface area contributed by atoms with Crippen LogP contribution in [0.25, 0.3) is 5.76 Å². The van der Waals surface area contributed by atoms with Gasteiger partial charge in [0.15, 0.2) is 11.4 Å². The van der Waals surface area contributed by atoms with Gasteiger partial charge in [-0.3, -0.25) is 24.1 Å². The summed E-state index contributed by atoms with van der Waals surface area (Å²) >= 11 is 0. The first kappa shape index (κ1) is 28.3. The number of benzene rings is 1. The summed E-state index contributed by atoms with van der Waals surface area (Å²) in [5.41, 5.74) is 1.02. The van der Waals surface area contributed by atoms with E-state index in [0.29, 0.717) is 12.0 Å². The summed E-state index contributed by atoms with van der Waals surface area (Å²) < 4.78 is 0. The van der Waals surface area contributed by atoms with Crippen LogP contribution in [0.2, 0.25) is 0 Å². The summed E-state index contributed by atoms with van der Waals surface area (Å²) in [5.74, 6) is -10.0. The van der Waals surface area contributed by atoms with E-state index in [9.17, 15) is 44.7 Å². The molecule has 0 bridgehead atoms. The zero-order chi connectivity index (χ0) is 29.1. The molecule has 0 unspecified atom stereocenters. The summed E-state index contributed by atoms with van der Waals surface area (Å²) in [4.78, 5) is 52.8. The molecular weight excluding hydrogens is 510 g/mol. The fourth-order valence-electron chi connectivity index (χ4n) is 6.27. The average Bonchev–Trinajstić information content (AvgIpc) is 2.85. The molecule has 3 aliphatic rings. The maximum absolute atomic E-state index is 14.0. The molecule has 12 heteroatoms. The Morgan fingerprint density at radius 3 is 2.36 bits per heavy atom. The highest BCUT2D eigenvalue weighted by Gasteiger charge is 2.68. The van der Waals surface area contributed by atoms with Gasteiger partial charge in [0.1, 0.15) is 22.8 Å². The van der Waals surface area contributed by atoms with Crippen LogP contribution in [-0.2, 0) is 19.2 Å². The minimum Gasteiger partial charge on any atom is -0.508 e. The first-order valence-electron chi connectivity index (χ1n) is 12.7. The van der Waals surface area contributed by atoms with Crippen LogP contribution >= 0.6 is 0 Å². The van der Waals surface area contributed by atoms with Crippen LogP contribution in [-0.4, -0.2) is 85.7 Å². The fraction of sp³-hybridized carbons (Fsp3) is 0.481. The molecular formula is C27H33N3O9. The molecule has 39 heavy (non-hydrogen) atoms. The molecule has 2 amide bonds. The number of carbonyl (C=O) groups excluding carboxylic acids is 4. The molecule has 210 valence electrons. The quantitative estimate of drug-likeness (QED) is 0.196. The monoisotopic (exact) mass is 543 g/mol. The normalized spacial score (nSPS) is 30.2. The molecule has 1 saturated carbocycles. The van der Waals surface area contributed by atoms with Gasteiger partial charge in [-0.15, -0.1) is 0 Å². The lowest BCUT2D eigenvalue weighted by atomic mass is 9.54. The lowest BCUT2D eigenvalue weighted by Crippen LogP contribution is -2.70. The van der Waals surface area contributed by atoms with Crippen LogP contribution in [0.5, 0.6) is 5.75 Å². The van der Waals surface area contributed by atoms with E-state index in [-0.39, 0.29) is 23.6 Å². The van der Waals surface area contributed by atoms with Crippen LogP contribution < -0.4 is 11.1 Å². The molecule has 4 rings (SSSR count). The van der Waals surface area contributed by atoms with Crippen molar-refractivity contribution >= 4 is 34.8 Å². The number of unbranched alkanes of at least 4 members (excludes halogenated alkanes) is 1. The number of rotatable bonds is 6. The topological polar surface area (TPSA) is 211 Å². The predicted octanol–water partition coefficient (Wildman–Crippen LogP) is 0.625. The second kappa shape index (κ2) is 9.78. The van der Waals surface area contributed by atoms with E-state index in [4.69, 9.17) is 5.73 Å². The first-order chi connectivity index (χ1) is 18.2. The van der Waals surface area contributed by atoms with Gasteiger partial charge >= 0.3 is 0 Å². The third-order valence-electron chi connectivity index (χ3n) is 8.16. The van der Waals surface area contributed by atoms with Crippen molar-refractivity contribution in [2.75, 3.05) is 19.4 Å². The van der Waals surface area contributed by atoms with Gasteiger partial charge in [-0.2, -0.15) is 0 Å². The Morgan fingerprint density at radius 2 is 1.79 bits per heavy atom. The van der Waals surface area contributed by atoms with Crippen molar-refractivity contribution < 1.29 is 44.7 Å². The van der Waals surface area contributed by atoms with E-state index < -0.39 is 81.4 Å². The number of carbonyl (C=O) groups is 4. The minimum absolute atomic E-state index is 0.0114. The minimum atomic E-state index is -2.98. The average molecular weight is 544 g/mol. The molecule has 0 spiro atoms. The zero-order valence-electron chi connectivity index (χ0n) is 22.1. The highest BCUT2D eigenvalue weighted by molar-refractivity contribution is 6.24. The van der Waals surface area contributed by atoms with Gasteiger partial charge in [0.25, 0.3) is 5.91 Å². The van der Waals surface area contributed by atoms with E-state index in [2.05, 4.69) is 5.32 Å². The fourth-order valence-corrected chi connectivity index (χ4v) is 6.27. The maximum Gasteiger partial charge on any atom is 0.255 e. The number of hydrogen-bond acceptors (Lipinski definition) is 10. The van der Waals surface area contributed by atoms with Gasteiger partial charge in [-0.05, 0) is 38.1 Å². The van der Waals surface area contributed by atoms with Crippen LogP contribution in [0.15, 0.2) is 29.0 Å². The number of Topliss-reactive ketones (excluding diaryl/α,β-unsaturated/α-hetero) is 2. The third kappa shape index (κ3) is 3.93. The number of likely N-dealkylation sites (N-methyl/N-ethyl adjacent to an activating group) is 1. The van der Waals surface area contributed by atoms with Crippen molar-refractivity contribution in [2.24, 2.45) is 17.6 Å². The smallest absolute Gasteiger partial charge is 0.255 e. The molecule has 8 N–H and O–H groups in total. The second-order valence-electron chi connectivity index (χ2n) is 10.6. The largest absolute Gasteiger partial charge is 0.508 e. The lowest BCUT2D eigenvalue weighted by Gasteiger charge is -2.53. The van der Waals surface area contributed by atoms with Gasteiger partial charge in [0.2, 0.25) is 11.7 Å². The van der Waals surface area contributed by atoms with Crippen molar-refractivity contribution in [1.29, 1.82) is 0 Å². The van der Waals surface area contributed by atoms with Crippen molar-refractivity contribution in [3.8, 4) is 5.75 Å². The Labute approximate surface area is 224 Å². The van der Waals surface area contributed by atoms with Gasteiger partial charge in [-0.1, -0.05) is 26.3 Å². The van der Waals surface area contributed by atoms with Crippen LogP contribution in [0.3, 0.4) is 0 Å². The number of phenolic OH excluding ortho intramolecular Hbond substituents is 1. The molecule has 1 aromatic rings. The number of aliphatic hydroxyl groups is 4. The summed E-state index contributed by atoms with van der Waals surface area (Å²) in [5, 5.41) is 59.2. The molecule has 0 aliphatic heterocycles. The Kier molecular flexibility index (Phi) is 7.09. The van der Waals surface area contributed by atoms with Gasteiger partial charge in [0, 0.05) is 17.9 Å². The molecule has 12 nitrogen and oxygen atoms in total. The third-order valence-corrected chi connectivity index (χ3v) is 8.16. The predicted molar refractivity (Wildman–Crippen MR) is 139 cm³/mol. The molecule has 0 saturated heterocycles. The number of ketones is 2. The van der Waals surface area contributed by atoms with Gasteiger partial charge < -0.3 is 36.6 Å². The molecule has 0 heterocycles. The number of anilines is 1. The van der Waals surface area contributed by atoms with Crippen LogP contribution in [0.4, 0.5) is 5.69 Å². The number of nitrogens with one attached hydrogen (secondary N) is 1. The Hall–Kier alpha value is -3.74. The first-order valence-corrected chi connectivity index (χ1v) is 12.7. The molecule has 3 aliphatic carbocycles. The van der Waals surface area contributed by atoms with E-state index in [1.54, 1.807) is 6.92 Å². The summed E-state index contributed by atoms with van der Waals surface area (Å²) in [7, 11) is 2.88. The Balaban J connectivity index is 1.94.